The van der Waals surface area contributed by atoms with Gasteiger partial charge in [-0.2, -0.15) is 0 Å². The third-order valence-corrected chi connectivity index (χ3v) is 8.98. The molecule has 6 rings (SSSR count). The van der Waals surface area contributed by atoms with E-state index in [1.54, 1.807) is 35.2 Å². The van der Waals surface area contributed by atoms with Crippen LogP contribution in [0.2, 0.25) is 0 Å². The fourth-order valence-electron chi connectivity index (χ4n) is 4.95. The number of carbonyl (C=O) groups excluding carboxylic acids is 1. The number of rotatable bonds is 8. The van der Waals surface area contributed by atoms with Crippen molar-refractivity contribution in [3.05, 3.63) is 107 Å². The second kappa shape index (κ2) is 12.1. The smallest absolute Gasteiger partial charge is 0.273 e. The maximum Gasteiger partial charge on any atom is 0.273 e. The molecule has 1 fully saturated rings. The van der Waals surface area contributed by atoms with Gasteiger partial charge in [0.15, 0.2) is 11.0 Å². The number of piperidine rings is 1. The molecule has 0 atom stereocenters. The lowest BCUT2D eigenvalue weighted by atomic mass is 9.90. The van der Waals surface area contributed by atoms with Crippen LogP contribution in [0.15, 0.2) is 89.7 Å². The zero-order valence-electron chi connectivity index (χ0n) is 21.7. The lowest BCUT2D eigenvalue weighted by molar-refractivity contribution is 0.0685. The number of para-hydroxylation sites is 1. The number of thioether (sulfide) groups is 1. The Kier molecular flexibility index (Phi) is 7.97. The van der Waals surface area contributed by atoms with Crippen molar-refractivity contribution in [1.29, 1.82) is 0 Å². The predicted molar refractivity (Wildman–Crippen MR) is 155 cm³/mol. The van der Waals surface area contributed by atoms with Crippen molar-refractivity contribution in [2.45, 2.75) is 30.2 Å². The van der Waals surface area contributed by atoms with Gasteiger partial charge in [-0.05, 0) is 55.0 Å². The molecular weight excluding hydrogens is 544 g/mol. The molecule has 0 radical (unpaired) electrons. The SMILES string of the molecule is O=C(c1csc(CSc2nnc(-c3cccnc3)n2-c2ccccc2F)n1)N1CCC(Cc2ccccc2)CC1. The number of benzene rings is 2. The molecule has 4 heterocycles. The van der Waals surface area contributed by atoms with Gasteiger partial charge in [-0.3, -0.25) is 14.3 Å². The third kappa shape index (κ3) is 5.83. The molecule has 1 aliphatic rings. The van der Waals surface area contributed by atoms with Crippen LogP contribution in [0.3, 0.4) is 0 Å². The van der Waals surface area contributed by atoms with E-state index in [4.69, 9.17) is 0 Å². The summed E-state index contributed by atoms with van der Waals surface area (Å²) in [4.78, 5) is 23.9. The summed E-state index contributed by atoms with van der Waals surface area (Å²) in [6, 6.07) is 20.8. The number of hydrogen-bond donors (Lipinski definition) is 0. The Hall–Kier alpha value is -3.89. The van der Waals surface area contributed by atoms with Crippen molar-refractivity contribution >= 4 is 29.0 Å². The van der Waals surface area contributed by atoms with E-state index >= 15 is 0 Å². The number of halogens is 1. The Labute approximate surface area is 240 Å². The second-order valence-electron chi connectivity index (χ2n) is 9.68. The minimum absolute atomic E-state index is 0.0148. The highest BCUT2D eigenvalue weighted by atomic mass is 32.2. The van der Waals surface area contributed by atoms with Crippen molar-refractivity contribution in [3.63, 3.8) is 0 Å². The molecule has 2 aromatic carbocycles. The van der Waals surface area contributed by atoms with Crippen LogP contribution >= 0.6 is 23.1 Å². The standard InChI is InChI=1S/C30H27FN6OS2/c31-24-10-4-5-11-26(24)37-28(23-9-6-14-32-18-23)34-35-30(37)40-20-27-33-25(19-39-27)29(38)36-15-12-22(13-16-36)17-21-7-2-1-3-8-21/h1-11,14,18-19,22H,12-13,15-17,20H2. The van der Waals surface area contributed by atoms with Crippen LogP contribution in [0.4, 0.5) is 4.39 Å². The van der Waals surface area contributed by atoms with Gasteiger partial charge in [0.1, 0.15) is 16.5 Å². The molecule has 0 saturated carbocycles. The fourth-order valence-corrected chi connectivity index (χ4v) is 6.68. The van der Waals surface area contributed by atoms with Crippen LogP contribution in [0.1, 0.15) is 33.9 Å². The summed E-state index contributed by atoms with van der Waals surface area (Å²) in [5.74, 6) is 1.20. The lowest BCUT2D eigenvalue weighted by Gasteiger charge is -2.31. The molecule has 1 saturated heterocycles. The van der Waals surface area contributed by atoms with Gasteiger partial charge >= 0.3 is 0 Å². The van der Waals surface area contributed by atoms with Gasteiger partial charge < -0.3 is 4.90 Å². The Bertz CT molecular complexity index is 1580. The van der Waals surface area contributed by atoms with Crippen LogP contribution in [0, 0.1) is 11.7 Å². The summed E-state index contributed by atoms with van der Waals surface area (Å²) < 4.78 is 16.5. The van der Waals surface area contributed by atoms with Crippen molar-refractivity contribution in [1.82, 2.24) is 29.6 Å². The van der Waals surface area contributed by atoms with E-state index in [1.165, 1.54) is 34.7 Å². The van der Waals surface area contributed by atoms with Crippen molar-refractivity contribution in [2.75, 3.05) is 13.1 Å². The van der Waals surface area contributed by atoms with E-state index in [2.05, 4.69) is 44.4 Å². The number of carbonyl (C=O) groups is 1. The van der Waals surface area contributed by atoms with E-state index in [0.29, 0.717) is 34.0 Å². The van der Waals surface area contributed by atoms with Gasteiger partial charge in [0, 0.05) is 36.4 Å². The molecule has 3 aromatic heterocycles. The van der Waals surface area contributed by atoms with E-state index in [0.717, 1.165) is 42.9 Å². The summed E-state index contributed by atoms with van der Waals surface area (Å²) >= 11 is 2.86. The Morgan fingerprint density at radius 3 is 2.58 bits per heavy atom. The topological polar surface area (TPSA) is 76.8 Å². The van der Waals surface area contributed by atoms with Gasteiger partial charge in [-0.1, -0.05) is 54.2 Å². The van der Waals surface area contributed by atoms with E-state index < -0.39 is 0 Å². The lowest BCUT2D eigenvalue weighted by Crippen LogP contribution is -2.39. The van der Waals surface area contributed by atoms with Crippen LogP contribution in [0.25, 0.3) is 17.1 Å². The zero-order valence-corrected chi connectivity index (χ0v) is 23.3. The quantitative estimate of drug-likeness (QED) is 0.204. The summed E-state index contributed by atoms with van der Waals surface area (Å²) in [6.07, 6.45) is 6.41. The van der Waals surface area contributed by atoms with Crippen LogP contribution in [0.5, 0.6) is 0 Å². The number of aromatic nitrogens is 5. The first kappa shape index (κ1) is 26.3. The molecule has 0 bridgehead atoms. The molecule has 0 unspecified atom stereocenters. The Morgan fingerprint density at radius 2 is 1.80 bits per heavy atom. The monoisotopic (exact) mass is 570 g/mol. The number of nitrogens with zero attached hydrogens (tertiary/aromatic N) is 6. The summed E-state index contributed by atoms with van der Waals surface area (Å²) in [6.45, 7) is 1.50. The number of likely N-dealkylation sites (tertiary alicyclic amines) is 1. The number of pyridine rings is 1. The molecule has 0 spiro atoms. The number of hydrogen-bond acceptors (Lipinski definition) is 7. The zero-order chi connectivity index (χ0) is 27.3. The van der Waals surface area contributed by atoms with E-state index in [9.17, 15) is 9.18 Å². The molecule has 0 aliphatic carbocycles. The molecule has 7 nitrogen and oxygen atoms in total. The number of amides is 1. The van der Waals surface area contributed by atoms with Gasteiger partial charge in [-0.15, -0.1) is 21.5 Å². The maximum atomic E-state index is 14.8. The van der Waals surface area contributed by atoms with Gasteiger partial charge in [0.25, 0.3) is 5.91 Å². The molecule has 1 aliphatic heterocycles. The van der Waals surface area contributed by atoms with Crippen molar-refractivity contribution < 1.29 is 9.18 Å². The van der Waals surface area contributed by atoms with E-state index in [-0.39, 0.29) is 11.7 Å². The average molecular weight is 571 g/mol. The largest absolute Gasteiger partial charge is 0.337 e. The Morgan fingerprint density at radius 1 is 1.00 bits per heavy atom. The predicted octanol–water partition coefficient (Wildman–Crippen LogP) is 6.31. The highest BCUT2D eigenvalue weighted by Gasteiger charge is 2.26. The first-order valence-electron chi connectivity index (χ1n) is 13.2. The summed E-state index contributed by atoms with van der Waals surface area (Å²) in [5.41, 5.74) is 2.93. The Balaban J connectivity index is 1.12. The minimum Gasteiger partial charge on any atom is -0.337 e. The average Bonchev–Trinajstić information content (AvgIpc) is 3.65. The van der Waals surface area contributed by atoms with Gasteiger partial charge in [0.2, 0.25) is 0 Å². The van der Waals surface area contributed by atoms with Crippen LogP contribution in [-0.4, -0.2) is 48.6 Å². The van der Waals surface area contributed by atoms with Gasteiger partial charge in [-0.25, -0.2) is 9.37 Å². The van der Waals surface area contributed by atoms with Crippen LogP contribution in [-0.2, 0) is 12.2 Å². The van der Waals surface area contributed by atoms with E-state index in [1.807, 2.05) is 28.5 Å². The first-order chi connectivity index (χ1) is 19.7. The molecule has 1 amide bonds. The fraction of sp³-hybridized carbons (Fsp3) is 0.233. The van der Waals surface area contributed by atoms with Crippen molar-refractivity contribution in [3.8, 4) is 17.1 Å². The third-order valence-electron chi connectivity index (χ3n) is 7.01. The second-order valence-corrected chi connectivity index (χ2v) is 11.6. The highest BCUT2D eigenvalue weighted by molar-refractivity contribution is 7.98. The highest BCUT2D eigenvalue weighted by Crippen LogP contribution is 2.31. The first-order valence-corrected chi connectivity index (χ1v) is 15.0. The minimum atomic E-state index is -0.371. The van der Waals surface area contributed by atoms with Crippen LogP contribution < -0.4 is 0 Å². The molecule has 10 heteroatoms. The van der Waals surface area contributed by atoms with Crippen molar-refractivity contribution in [2.24, 2.45) is 5.92 Å². The summed E-state index contributed by atoms with van der Waals surface area (Å²) in [7, 11) is 0. The van der Waals surface area contributed by atoms with Gasteiger partial charge in [0.05, 0.1) is 11.4 Å². The molecule has 5 aromatic rings. The summed E-state index contributed by atoms with van der Waals surface area (Å²) in [5, 5.41) is 11.9. The molecule has 40 heavy (non-hydrogen) atoms. The molecular formula is C30H27FN6OS2. The number of thiazole rings is 1. The maximum absolute atomic E-state index is 14.8. The normalized spacial score (nSPS) is 14.0. The molecule has 202 valence electrons. The molecule has 0 N–H and O–H groups in total.